The predicted molar refractivity (Wildman–Crippen MR) is 81.6 cm³/mol. The van der Waals surface area contributed by atoms with E-state index >= 15 is 0 Å². The van der Waals surface area contributed by atoms with Gasteiger partial charge in [-0.2, -0.15) is 0 Å². The number of aromatic nitrogens is 2. The fraction of sp³-hybridized carbons (Fsp3) is 0.231. The molecule has 1 heterocycles. The number of rotatable bonds is 5. The Morgan fingerprint density at radius 2 is 1.74 bits per heavy atom. The Bertz CT molecular complexity index is 541. The maximum atomic E-state index is 5.23. The topological polar surface area (TPSA) is 56.3 Å². The summed E-state index contributed by atoms with van der Waals surface area (Å²) in [4.78, 5) is 8.17. The average Bonchev–Trinajstić information content (AvgIpc) is 2.46. The summed E-state index contributed by atoms with van der Waals surface area (Å²) in [7, 11) is 3.16. The van der Waals surface area contributed by atoms with Crippen LogP contribution < -0.4 is 14.8 Å². The lowest BCUT2D eigenvalue weighted by Gasteiger charge is -2.13. The molecule has 0 aliphatic rings. The molecule has 0 atom stereocenters. The standard InChI is InChI=1S/C13H14IN3O2/c1-18-12-9(13(19-2)17-8-16-12)7-15-11-6-4-3-5-10(11)14/h3-6,8,15H,7H2,1-2H3. The van der Waals surface area contributed by atoms with E-state index in [0.717, 1.165) is 14.8 Å². The van der Waals surface area contributed by atoms with Crippen LogP contribution in [0.15, 0.2) is 30.6 Å². The van der Waals surface area contributed by atoms with Crippen molar-refractivity contribution in [1.82, 2.24) is 9.97 Å². The molecule has 0 aliphatic carbocycles. The van der Waals surface area contributed by atoms with E-state index in [1.807, 2.05) is 24.3 Å². The third-order valence-electron chi connectivity index (χ3n) is 2.58. The van der Waals surface area contributed by atoms with Crippen LogP contribution in [0.2, 0.25) is 0 Å². The molecule has 6 heteroatoms. The Morgan fingerprint density at radius 1 is 1.11 bits per heavy atom. The Balaban J connectivity index is 2.21. The number of hydrogen-bond acceptors (Lipinski definition) is 5. The van der Waals surface area contributed by atoms with E-state index in [2.05, 4.69) is 37.9 Å². The fourth-order valence-electron chi connectivity index (χ4n) is 1.67. The normalized spacial score (nSPS) is 10.1. The third-order valence-corrected chi connectivity index (χ3v) is 3.52. The van der Waals surface area contributed by atoms with Gasteiger partial charge in [-0.1, -0.05) is 12.1 Å². The van der Waals surface area contributed by atoms with Crippen LogP contribution in [0, 0.1) is 3.57 Å². The number of anilines is 1. The second-order valence-corrected chi connectivity index (χ2v) is 4.87. The molecule has 0 aliphatic heterocycles. The van der Waals surface area contributed by atoms with Crippen molar-refractivity contribution >= 4 is 28.3 Å². The first-order chi connectivity index (χ1) is 9.26. The minimum Gasteiger partial charge on any atom is -0.481 e. The number of methoxy groups -OCH3 is 2. The summed E-state index contributed by atoms with van der Waals surface area (Å²) in [5, 5.41) is 3.33. The Morgan fingerprint density at radius 3 is 2.32 bits per heavy atom. The smallest absolute Gasteiger partial charge is 0.225 e. The van der Waals surface area contributed by atoms with Crippen LogP contribution in [-0.4, -0.2) is 24.2 Å². The maximum Gasteiger partial charge on any atom is 0.225 e. The molecule has 0 amide bonds. The Hall–Kier alpha value is -1.57. The first kappa shape index (κ1) is 13.9. The molecule has 0 saturated carbocycles. The molecule has 0 fully saturated rings. The highest BCUT2D eigenvalue weighted by Crippen LogP contribution is 2.25. The number of hydrogen-bond donors (Lipinski definition) is 1. The largest absolute Gasteiger partial charge is 0.481 e. The Labute approximate surface area is 125 Å². The van der Waals surface area contributed by atoms with Gasteiger partial charge in [0.1, 0.15) is 6.33 Å². The van der Waals surface area contributed by atoms with E-state index < -0.39 is 0 Å². The zero-order valence-corrected chi connectivity index (χ0v) is 12.8. The number of halogens is 1. The van der Waals surface area contributed by atoms with E-state index in [0.29, 0.717) is 18.3 Å². The highest BCUT2D eigenvalue weighted by atomic mass is 127. The molecule has 19 heavy (non-hydrogen) atoms. The van der Waals surface area contributed by atoms with Crippen LogP contribution in [-0.2, 0) is 6.54 Å². The molecule has 5 nitrogen and oxygen atoms in total. The lowest BCUT2D eigenvalue weighted by molar-refractivity contribution is 0.363. The fourth-order valence-corrected chi connectivity index (χ4v) is 2.25. The van der Waals surface area contributed by atoms with Crippen LogP contribution in [0.3, 0.4) is 0 Å². The first-order valence-electron chi connectivity index (χ1n) is 5.66. The van der Waals surface area contributed by atoms with E-state index in [-0.39, 0.29) is 0 Å². The van der Waals surface area contributed by atoms with Crippen molar-refractivity contribution < 1.29 is 9.47 Å². The number of para-hydroxylation sites is 1. The summed E-state index contributed by atoms with van der Waals surface area (Å²) < 4.78 is 11.6. The zero-order valence-electron chi connectivity index (χ0n) is 10.7. The number of benzene rings is 1. The number of nitrogens with one attached hydrogen (secondary N) is 1. The van der Waals surface area contributed by atoms with Crippen LogP contribution in [0.5, 0.6) is 11.8 Å². The van der Waals surface area contributed by atoms with Crippen molar-refractivity contribution in [2.45, 2.75) is 6.54 Å². The molecule has 100 valence electrons. The molecule has 0 radical (unpaired) electrons. The van der Waals surface area contributed by atoms with Crippen LogP contribution in [0.4, 0.5) is 5.69 Å². The lowest BCUT2D eigenvalue weighted by atomic mass is 10.2. The van der Waals surface area contributed by atoms with Crippen LogP contribution in [0.1, 0.15) is 5.56 Å². The van der Waals surface area contributed by atoms with Gasteiger partial charge in [0, 0.05) is 9.26 Å². The summed E-state index contributed by atoms with van der Waals surface area (Å²) in [5.41, 5.74) is 1.85. The van der Waals surface area contributed by atoms with Gasteiger partial charge in [0.2, 0.25) is 11.8 Å². The Kier molecular flexibility index (Phi) is 4.78. The van der Waals surface area contributed by atoms with Crippen molar-refractivity contribution in [3.05, 3.63) is 39.7 Å². The summed E-state index contributed by atoms with van der Waals surface area (Å²) in [6.07, 6.45) is 1.42. The monoisotopic (exact) mass is 371 g/mol. The van der Waals surface area contributed by atoms with E-state index in [4.69, 9.17) is 9.47 Å². The molecule has 0 saturated heterocycles. The predicted octanol–water partition coefficient (Wildman–Crippen LogP) is 2.71. The molecule has 0 unspecified atom stereocenters. The van der Waals surface area contributed by atoms with Gasteiger partial charge in [0.05, 0.1) is 26.3 Å². The zero-order chi connectivity index (χ0) is 13.7. The minimum absolute atomic E-state index is 0.519. The summed E-state index contributed by atoms with van der Waals surface area (Å²) in [6, 6.07) is 8.05. The third kappa shape index (κ3) is 3.25. The van der Waals surface area contributed by atoms with Gasteiger partial charge in [-0.3, -0.25) is 0 Å². The van der Waals surface area contributed by atoms with E-state index in [1.54, 1.807) is 14.2 Å². The first-order valence-corrected chi connectivity index (χ1v) is 6.74. The van der Waals surface area contributed by atoms with E-state index in [1.165, 1.54) is 6.33 Å². The van der Waals surface area contributed by atoms with Crippen molar-refractivity contribution in [1.29, 1.82) is 0 Å². The molecular formula is C13H14IN3O2. The number of ether oxygens (including phenoxy) is 2. The molecule has 0 spiro atoms. The van der Waals surface area contributed by atoms with Gasteiger partial charge in [-0.25, -0.2) is 9.97 Å². The SMILES string of the molecule is COc1ncnc(OC)c1CNc1ccccc1I. The molecule has 2 rings (SSSR count). The van der Waals surface area contributed by atoms with Gasteiger partial charge >= 0.3 is 0 Å². The highest BCUT2D eigenvalue weighted by Gasteiger charge is 2.12. The summed E-state index contributed by atoms with van der Waals surface area (Å²) in [5.74, 6) is 1.04. The van der Waals surface area contributed by atoms with E-state index in [9.17, 15) is 0 Å². The van der Waals surface area contributed by atoms with Crippen molar-refractivity contribution in [2.24, 2.45) is 0 Å². The molecular weight excluding hydrogens is 357 g/mol. The molecule has 1 aromatic heterocycles. The van der Waals surface area contributed by atoms with Gasteiger partial charge in [-0.15, -0.1) is 0 Å². The maximum absolute atomic E-state index is 5.23. The quantitative estimate of drug-likeness (QED) is 0.820. The van der Waals surface area contributed by atoms with Crippen molar-refractivity contribution in [3.8, 4) is 11.8 Å². The van der Waals surface area contributed by atoms with Gasteiger partial charge < -0.3 is 14.8 Å². The molecule has 0 bridgehead atoms. The molecule has 1 aromatic carbocycles. The average molecular weight is 371 g/mol. The molecule has 1 N–H and O–H groups in total. The van der Waals surface area contributed by atoms with Crippen molar-refractivity contribution in [3.63, 3.8) is 0 Å². The van der Waals surface area contributed by atoms with Gasteiger partial charge in [-0.05, 0) is 34.7 Å². The summed E-state index contributed by atoms with van der Waals surface area (Å²) >= 11 is 2.28. The lowest BCUT2D eigenvalue weighted by Crippen LogP contribution is -2.07. The number of nitrogens with zero attached hydrogens (tertiary/aromatic N) is 2. The van der Waals surface area contributed by atoms with Gasteiger partial charge in [0.15, 0.2) is 0 Å². The molecule has 2 aromatic rings. The van der Waals surface area contributed by atoms with Crippen LogP contribution >= 0.6 is 22.6 Å². The van der Waals surface area contributed by atoms with Gasteiger partial charge in [0.25, 0.3) is 0 Å². The summed E-state index contributed by atoms with van der Waals surface area (Å²) in [6.45, 7) is 0.535. The second kappa shape index (κ2) is 6.55. The highest BCUT2D eigenvalue weighted by molar-refractivity contribution is 14.1. The van der Waals surface area contributed by atoms with Crippen LogP contribution in [0.25, 0.3) is 0 Å². The van der Waals surface area contributed by atoms with Crippen molar-refractivity contribution in [2.75, 3.05) is 19.5 Å². The minimum atomic E-state index is 0.519. The second-order valence-electron chi connectivity index (χ2n) is 3.70.